The third-order valence-corrected chi connectivity index (χ3v) is 5.55. The summed E-state index contributed by atoms with van der Waals surface area (Å²) >= 11 is 18.5. The van der Waals surface area contributed by atoms with Gasteiger partial charge in [0.2, 0.25) is 11.8 Å². The van der Waals surface area contributed by atoms with Crippen LogP contribution in [0.25, 0.3) is 0 Å². The first-order chi connectivity index (χ1) is 13.9. The number of nitrogens with zero attached hydrogens (tertiary/aromatic N) is 1. The number of amides is 2. The molecule has 29 heavy (non-hydrogen) atoms. The van der Waals surface area contributed by atoms with E-state index in [1.165, 1.54) is 0 Å². The SMILES string of the molecule is CCCNC(=O)[C@H](CC)N(Cc1ccccc1Cl)C(=O)Cc1ccc(Cl)cc1Cl. The lowest BCUT2D eigenvalue weighted by Gasteiger charge is -2.31. The number of halogens is 3. The maximum absolute atomic E-state index is 13.3. The summed E-state index contributed by atoms with van der Waals surface area (Å²) in [7, 11) is 0. The van der Waals surface area contributed by atoms with Crippen molar-refractivity contribution < 1.29 is 9.59 Å². The molecule has 0 aliphatic heterocycles. The molecule has 0 aliphatic carbocycles. The lowest BCUT2D eigenvalue weighted by Crippen LogP contribution is -2.49. The van der Waals surface area contributed by atoms with Crippen molar-refractivity contribution in [3.8, 4) is 0 Å². The van der Waals surface area contributed by atoms with Crippen LogP contribution in [0.1, 0.15) is 37.8 Å². The van der Waals surface area contributed by atoms with E-state index in [0.29, 0.717) is 33.6 Å². The van der Waals surface area contributed by atoms with Crippen LogP contribution in [0.4, 0.5) is 0 Å². The van der Waals surface area contributed by atoms with E-state index >= 15 is 0 Å². The molecule has 0 saturated carbocycles. The van der Waals surface area contributed by atoms with Crippen molar-refractivity contribution in [2.24, 2.45) is 0 Å². The Morgan fingerprint density at radius 1 is 1.00 bits per heavy atom. The van der Waals surface area contributed by atoms with E-state index in [-0.39, 0.29) is 24.8 Å². The molecule has 0 fully saturated rings. The van der Waals surface area contributed by atoms with E-state index in [1.54, 1.807) is 29.2 Å². The molecule has 0 radical (unpaired) electrons. The summed E-state index contributed by atoms with van der Waals surface area (Å²) in [5.74, 6) is -0.371. The van der Waals surface area contributed by atoms with Crippen LogP contribution in [0.2, 0.25) is 15.1 Å². The zero-order chi connectivity index (χ0) is 21.4. The van der Waals surface area contributed by atoms with E-state index in [2.05, 4.69) is 5.32 Å². The van der Waals surface area contributed by atoms with Crippen LogP contribution >= 0.6 is 34.8 Å². The van der Waals surface area contributed by atoms with Crippen LogP contribution in [-0.2, 0) is 22.6 Å². The van der Waals surface area contributed by atoms with E-state index in [1.807, 2.05) is 32.0 Å². The fourth-order valence-electron chi connectivity index (χ4n) is 3.03. The Kier molecular flexibility index (Phi) is 9.28. The van der Waals surface area contributed by atoms with Crippen LogP contribution in [-0.4, -0.2) is 29.3 Å². The number of carbonyl (C=O) groups excluding carboxylic acids is 2. The van der Waals surface area contributed by atoms with Crippen LogP contribution in [0.15, 0.2) is 42.5 Å². The average molecular weight is 456 g/mol. The lowest BCUT2D eigenvalue weighted by molar-refractivity contribution is -0.140. The third kappa shape index (κ3) is 6.63. The van der Waals surface area contributed by atoms with Gasteiger partial charge in [0.1, 0.15) is 6.04 Å². The molecular weight excluding hydrogens is 431 g/mol. The quantitative estimate of drug-likeness (QED) is 0.541. The second-order valence-electron chi connectivity index (χ2n) is 6.74. The maximum Gasteiger partial charge on any atom is 0.242 e. The Morgan fingerprint density at radius 2 is 1.72 bits per heavy atom. The average Bonchev–Trinajstić information content (AvgIpc) is 2.69. The molecule has 0 bridgehead atoms. The Hall–Kier alpha value is -1.75. The van der Waals surface area contributed by atoms with Gasteiger partial charge >= 0.3 is 0 Å². The fraction of sp³-hybridized carbons (Fsp3) is 0.364. The zero-order valence-corrected chi connectivity index (χ0v) is 18.8. The highest BCUT2D eigenvalue weighted by Crippen LogP contribution is 2.24. The number of rotatable bonds is 9. The zero-order valence-electron chi connectivity index (χ0n) is 16.6. The summed E-state index contributed by atoms with van der Waals surface area (Å²) in [4.78, 5) is 27.6. The number of hydrogen-bond acceptors (Lipinski definition) is 2. The van der Waals surface area contributed by atoms with Crippen LogP contribution in [0, 0.1) is 0 Å². The summed E-state index contributed by atoms with van der Waals surface area (Å²) < 4.78 is 0. The molecule has 1 N–H and O–H groups in total. The molecule has 2 amide bonds. The van der Waals surface area contributed by atoms with Gasteiger partial charge < -0.3 is 10.2 Å². The van der Waals surface area contributed by atoms with Gasteiger partial charge in [0, 0.05) is 28.2 Å². The number of benzene rings is 2. The van der Waals surface area contributed by atoms with Gasteiger partial charge in [0.15, 0.2) is 0 Å². The highest BCUT2D eigenvalue weighted by molar-refractivity contribution is 6.35. The molecule has 0 spiro atoms. The molecule has 0 saturated heterocycles. The number of hydrogen-bond donors (Lipinski definition) is 1. The van der Waals surface area contributed by atoms with E-state index in [9.17, 15) is 9.59 Å². The van der Waals surface area contributed by atoms with Gasteiger partial charge in [-0.05, 0) is 42.2 Å². The van der Waals surface area contributed by atoms with Gasteiger partial charge in [0.05, 0.1) is 6.42 Å². The van der Waals surface area contributed by atoms with Crippen molar-refractivity contribution in [1.82, 2.24) is 10.2 Å². The smallest absolute Gasteiger partial charge is 0.242 e. The summed E-state index contributed by atoms with van der Waals surface area (Å²) in [6.07, 6.45) is 1.37. The Balaban J connectivity index is 2.32. The molecule has 2 aromatic carbocycles. The van der Waals surface area contributed by atoms with E-state index in [4.69, 9.17) is 34.8 Å². The summed E-state index contributed by atoms with van der Waals surface area (Å²) in [6, 6.07) is 11.7. The minimum atomic E-state index is -0.601. The number of nitrogens with one attached hydrogen (secondary N) is 1. The number of carbonyl (C=O) groups is 2. The van der Waals surface area contributed by atoms with Crippen molar-refractivity contribution >= 4 is 46.6 Å². The molecule has 4 nitrogen and oxygen atoms in total. The molecule has 0 aromatic heterocycles. The predicted octanol–water partition coefficient (Wildman–Crippen LogP) is 5.52. The first kappa shape index (κ1) is 23.5. The molecule has 0 unspecified atom stereocenters. The highest BCUT2D eigenvalue weighted by atomic mass is 35.5. The molecular formula is C22H25Cl3N2O2. The van der Waals surface area contributed by atoms with Gasteiger partial charge in [-0.3, -0.25) is 9.59 Å². The first-order valence-electron chi connectivity index (χ1n) is 9.61. The third-order valence-electron chi connectivity index (χ3n) is 4.59. The molecule has 156 valence electrons. The summed E-state index contributed by atoms with van der Waals surface area (Å²) in [5, 5.41) is 4.37. The lowest BCUT2D eigenvalue weighted by atomic mass is 10.1. The summed E-state index contributed by atoms with van der Waals surface area (Å²) in [5.41, 5.74) is 1.44. The predicted molar refractivity (Wildman–Crippen MR) is 120 cm³/mol. The molecule has 2 rings (SSSR count). The normalized spacial score (nSPS) is 11.8. The van der Waals surface area contributed by atoms with Gasteiger partial charge in [-0.15, -0.1) is 0 Å². The maximum atomic E-state index is 13.3. The van der Waals surface area contributed by atoms with Crippen LogP contribution < -0.4 is 5.32 Å². The minimum Gasteiger partial charge on any atom is -0.354 e. The summed E-state index contributed by atoms with van der Waals surface area (Å²) in [6.45, 7) is 4.67. The molecule has 1 atom stereocenters. The Bertz CT molecular complexity index is 858. The van der Waals surface area contributed by atoms with Gasteiger partial charge in [0.25, 0.3) is 0 Å². The van der Waals surface area contributed by atoms with Crippen molar-refractivity contribution in [2.75, 3.05) is 6.54 Å². The molecule has 7 heteroatoms. The molecule has 0 heterocycles. The minimum absolute atomic E-state index is 0.0675. The van der Waals surface area contributed by atoms with E-state index < -0.39 is 6.04 Å². The second kappa shape index (κ2) is 11.4. The molecule has 2 aromatic rings. The van der Waals surface area contributed by atoms with Crippen molar-refractivity contribution in [3.05, 3.63) is 68.7 Å². The fourth-order valence-corrected chi connectivity index (χ4v) is 3.70. The second-order valence-corrected chi connectivity index (χ2v) is 7.99. The first-order valence-corrected chi connectivity index (χ1v) is 10.7. The Labute approximate surface area is 187 Å². The van der Waals surface area contributed by atoms with Gasteiger partial charge in [-0.1, -0.05) is 72.9 Å². The van der Waals surface area contributed by atoms with Crippen molar-refractivity contribution in [3.63, 3.8) is 0 Å². The largest absolute Gasteiger partial charge is 0.354 e. The Morgan fingerprint density at radius 3 is 2.34 bits per heavy atom. The van der Waals surface area contributed by atoms with Crippen LogP contribution in [0.5, 0.6) is 0 Å². The highest BCUT2D eigenvalue weighted by Gasteiger charge is 2.29. The standard InChI is InChI=1S/C22H25Cl3N2O2/c1-3-11-26-22(29)20(4-2)27(14-16-7-5-6-8-18(16)24)21(28)12-15-9-10-17(23)13-19(15)25/h5-10,13,20H,3-4,11-12,14H2,1-2H3,(H,26,29)/t20-/m0/s1. The van der Waals surface area contributed by atoms with Crippen molar-refractivity contribution in [2.45, 2.75) is 45.7 Å². The monoisotopic (exact) mass is 454 g/mol. The van der Waals surface area contributed by atoms with Gasteiger partial charge in [-0.2, -0.15) is 0 Å². The van der Waals surface area contributed by atoms with E-state index in [0.717, 1.165) is 12.0 Å². The molecule has 0 aliphatic rings. The topological polar surface area (TPSA) is 49.4 Å². The van der Waals surface area contributed by atoms with Crippen molar-refractivity contribution in [1.29, 1.82) is 0 Å². The van der Waals surface area contributed by atoms with Crippen LogP contribution in [0.3, 0.4) is 0 Å². The van der Waals surface area contributed by atoms with Gasteiger partial charge in [-0.25, -0.2) is 0 Å².